The van der Waals surface area contributed by atoms with Crippen LogP contribution in [-0.4, -0.2) is 4.98 Å². The van der Waals surface area contributed by atoms with Crippen LogP contribution in [-0.2, 0) is 0 Å². The SMILES string of the molecule is S=c1cc(-c2nccs2)ss1. The quantitative estimate of drug-likeness (QED) is 0.534. The largest absolute Gasteiger partial charge is 0.244 e. The van der Waals surface area contributed by atoms with Crippen LogP contribution in [0, 0.1) is 3.82 Å². The van der Waals surface area contributed by atoms with Gasteiger partial charge in [0.25, 0.3) is 0 Å². The summed E-state index contributed by atoms with van der Waals surface area (Å²) in [4.78, 5) is 5.38. The normalized spacial score (nSPS) is 10.2. The molecule has 0 bridgehead atoms. The van der Waals surface area contributed by atoms with Crippen LogP contribution in [0.5, 0.6) is 0 Å². The topological polar surface area (TPSA) is 12.9 Å². The summed E-state index contributed by atoms with van der Waals surface area (Å²) in [5, 5.41) is 3.05. The van der Waals surface area contributed by atoms with E-state index in [2.05, 4.69) is 4.98 Å². The fourth-order valence-corrected chi connectivity index (χ4v) is 3.90. The van der Waals surface area contributed by atoms with E-state index in [1.165, 1.54) is 4.88 Å². The van der Waals surface area contributed by atoms with E-state index >= 15 is 0 Å². The maximum atomic E-state index is 5.01. The summed E-state index contributed by atoms with van der Waals surface area (Å²) < 4.78 is 0.945. The predicted octanol–water partition coefficient (Wildman–Crippen LogP) is 3.66. The van der Waals surface area contributed by atoms with Gasteiger partial charge < -0.3 is 0 Å². The molecule has 11 heavy (non-hydrogen) atoms. The van der Waals surface area contributed by atoms with Crippen molar-refractivity contribution in [1.29, 1.82) is 0 Å². The minimum absolute atomic E-state index is 0.945. The highest BCUT2D eigenvalue weighted by molar-refractivity contribution is 7.80. The van der Waals surface area contributed by atoms with E-state index in [1.54, 1.807) is 32.0 Å². The fourth-order valence-electron chi connectivity index (χ4n) is 0.684. The third-order valence-corrected chi connectivity index (χ3v) is 4.91. The molecule has 0 aliphatic rings. The van der Waals surface area contributed by atoms with Crippen LogP contribution in [0.1, 0.15) is 0 Å². The van der Waals surface area contributed by atoms with Crippen molar-refractivity contribution in [2.24, 2.45) is 0 Å². The molecule has 0 atom stereocenters. The van der Waals surface area contributed by atoms with Crippen molar-refractivity contribution in [3.05, 3.63) is 21.5 Å². The summed E-state index contributed by atoms with van der Waals surface area (Å²) in [7, 11) is 3.32. The Labute approximate surface area is 80.4 Å². The summed E-state index contributed by atoms with van der Waals surface area (Å²) in [6.07, 6.45) is 1.81. The first-order chi connectivity index (χ1) is 5.36. The van der Waals surface area contributed by atoms with Gasteiger partial charge in [-0.2, -0.15) is 0 Å². The Balaban J connectivity index is 2.53. The minimum Gasteiger partial charge on any atom is -0.244 e. The van der Waals surface area contributed by atoms with Crippen LogP contribution >= 0.6 is 44.2 Å². The Hall–Kier alpha value is -0.100. The summed E-state index contributed by atoms with van der Waals surface area (Å²) in [5.41, 5.74) is 0. The van der Waals surface area contributed by atoms with Gasteiger partial charge in [-0.25, -0.2) is 4.98 Å². The molecule has 0 aliphatic carbocycles. The van der Waals surface area contributed by atoms with Crippen LogP contribution in [0.3, 0.4) is 0 Å². The lowest BCUT2D eigenvalue weighted by molar-refractivity contribution is 1.43. The molecule has 2 rings (SSSR count). The maximum Gasteiger partial charge on any atom is 0.134 e. The van der Waals surface area contributed by atoms with E-state index in [0.717, 1.165) is 8.83 Å². The third kappa shape index (κ3) is 1.56. The molecule has 0 saturated carbocycles. The van der Waals surface area contributed by atoms with Crippen molar-refractivity contribution in [2.75, 3.05) is 0 Å². The second-order valence-electron chi connectivity index (χ2n) is 1.83. The van der Waals surface area contributed by atoms with Gasteiger partial charge in [0.2, 0.25) is 0 Å². The first-order valence-corrected chi connectivity index (χ1v) is 6.30. The molecule has 0 radical (unpaired) electrons. The summed E-state index contributed by atoms with van der Waals surface area (Å²) in [5.74, 6) is 0. The number of rotatable bonds is 1. The van der Waals surface area contributed by atoms with Gasteiger partial charge in [-0.05, 0) is 6.07 Å². The van der Waals surface area contributed by atoms with Gasteiger partial charge in [0.1, 0.15) is 8.83 Å². The maximum absolute atomic E-state index is 5.01. The van der Waals surface area contributed by atoms with Crippen molar-refractivity contribution < 1.29 is 0 Å². The molecule has 0 fully saturated rings. The number of hydrogen-bond donors (Lipinski definition) is 0. The molecule has 1 nitrogen and oxygen atoms in total. The average molecular weight is 217 g/mol. The number of hydrogen-bond acceptors (Lipinski definition) is 5. The highest BCUT2D eigenvalue weighted by atomic mass is 32.9. The minimum atomic E-state index is 0.945. The van der Waals surface area contributed by atoms with Crippen molar-refractivity contribution in [3.63, 3.8) is 0 Å². The Kier molecular flexibility index (Phi) is 2.13. The molecule has 0 aromatic carbocycles. The Morgan fingerprint density at radius 3 is 2.82 bits per heavy atom. The number of aromatic nitrogens is 1. The van der Waals surface area contributed by atoms with E-state index in [4.69, 9.17) is 12.2 Å². The molecular formula is C6H3NS4. The highest BCUT2D eigenvalue weighted by Crippen LogP contribution is 2.30. The summed E-state index contributed by atoms with van der Waals surface area (Å²) in [6, 6.07) is 2.00. The molecular weight excluding hydrogens is 214 g/mol. The molecule has 5 heteroatoms. The van der Waals surface area contributed by atoms with Crippen molar-refractivity contribution in [3.8, 4) is 9.88 Å². The molecule has 0 saturated heterocycles. The molecule has 2 aromatic rings. The number of nitrogens with zero attached hydrogens (tertiary/aromatic N) is 1. The van der Waals surface area contributed by atoms with Crippen LogP contribution in [0.4, 0.5) is 0 Å². The Morgan fingerprint density at radius 2 is 2.27 bits per heavy atom. The Morgan fingerprint density at radius 1 is 1.36 bits per heavy atom. The molecule has 0 N–H and O–H groups in total. The van der Waals surface area contributed by atoms with Gasteiger partial charge in [-0.3, -0.25) is 0 Å². The monoisotopic (exact) mass is 217 g/mol. The van der Waals surface area contributed by atoms with E-state index in [9.17, 15) is 0 Å². The van der Waals surface area contributed by atoms with Gasteiger partial charge in [0.15, 0.2) is 0 Å². The van der Waals surface area contributed by atoms with Crippen molar-refractivity contribution in [1.82, 2.24) is 4.98 Å². The van der Waals surface area contributed by atoms with Crippen LogP contribution in [0.2, 0.25) is 0 Å². The van der Waals surface area contributed by atoms with Crippen molar-refractivity contribution in [2.45, 2.75) is 0 Å². The molecule has 2 aromatic heterocycles. The third-order valence-electron chi connectivity index (χ3n) is 1.11. The van der Waals surface area contributed by atoms with Gasteiger partial charge in [0.05, 0.1) is 4.88 Å². The van der Waals surface area contributed by atoms with Gasteiger partial charge in [0, 0.05) is 11.6 Å². The average Bonchev–Trinajstić information content (AvgIpc) is 2.55. The van der Waals surface area contributed by atoms with E-state index in [-0.39, 0.29) is 0 Å². The van der Waals surface area contributed by atoms with Crippen LogP contribution in [0.25, 0.3) is 9.88 Å². The van der Waals surface area contributed by atoms with E-state index < -0.39 is 0 Å². The fraction of sp³-hybridized carbons (Fsp3) is 0. The first-order valence-electron chi connectivity index (χ1n) is 2.86. The zero-order chi connectivity index (χ0) is 7.68. The molecule has 0 amide bonds. The smallest absolute Gasteiger partial charge is 0.134 e. The van der Waals surface area contributed by atoms with Crippen LogP contribution < -0.4 is 0 Å². The molecule has 0 aliphatic heterocycles. The molecule has 0 unspecified atom stereocenters. The van der Waals surface area contributed by atoms with Crippen molar-refractivity contribution >= 4 is 44.2 Å². The van der Waals surface area contributed by atoms with Gasteiger partial charge in [-0.15, -0.1) is 11.3 Å². The summed E-state index contributed by atoms with van der Waals surface area (Å²) >= 11 is 6.66. The molecule has 2 heterocycles. The summed E-state index contributed by atoms with van der Waals surface area (Å²) in [6.45, 7) is 0. The molecule has 0 spiro atoms. The van der Waals surface area contributed by atoms with Gasteiger partial charge in [-0.1, -0.05) is 32.9 Å². The Bertz CT molecular complexity index is 383. The zero-order valence-electron chi connectivity index (χ0n) is 5.31. The standard InChI is InChI=1S/C6H3NS4/c8-5-3-4(10-11-5)6-7-1-2-9-6/h1-3H. The number of thiazole rings is 1. The van der Waals surface area contributed by atoms with Gasteiger partial charge >= 0.3 is 0 Å². The first kappa shape index (κ1) is 7.54. The second-order valence-corrected chi connectivity index (χ2v) is 5.64. The van der Waals surface area contributed by atoms with Crippen LogP contribution in [0.15, 0.2) is 17.6 Å². The van der Waals surface area contributed by atoms with E-state index in [1.807, 2.05) is 17.6 Å². The second kappa shape index (κ2) is 3.10. The lowest BCUT2D eigenvalue weighted by atomic mass is 10.5. The predicted molar refractivity (Wildman–Crippen MR) is 54.1 cm³/mol. The highest BCUT2D eigenvalue weighted by Gasteiger charge is 2.01. The lowest BCUT2D eigenvalue weighted by Crippen LogP contribution is -1.63. The van der Waals surface area contributed by atoms with E-state index in [0.29, 0.717) is 0 Å². The zero-order valence-corrected chi connectivity index (χ0v) is 8.58. The lowest BCUT2D eigenvalue weighted by Gasteiger charge is -1.82. The molecule has 56 valence electrons.